The van der Waals surface area contributed by atoms with Crippen LogP contribution in [0.4, 0.5) is 0 Å². The van der Waals surface area contributed by atoms with Gasteiger partial charge in [-0.1, -0.05) is 37.3 Å². The minimum atomic E-state index is -0.513. The van der Waals surface area contributed by atoms with Crippen molar-refractivity contribution in [1.82, 2.24) is 4.74 Å². The normalized spacial score (nSPS) is 10.3. The first-order chi connectivity index (χ1) is 7.72. The molecule has 0 radical (unpaired) electrons. The Bertz CT molecular complexity index is 551. The highest BCUT2D eigenvalue weighted by Crippen LogP contribution is 2.17. The van der Waals surface area contributed by atoms with Crippen LogP contribution in [-0.4, -0.2) is 10.6 Å². The molecule has 2 rings (SSSR count). The van der Waals surface area contributed by atoms with Gasteiger partial charge in [0.2, 0.25) is 0 Å². The smallest absolute Gasteiger partial charge is 0.328 e. The van der Waals surface area contributed by atoms with Crippen molar-refractivity contribution in [2.75, 3.05) is 0 Å². The van der Waals surface area contributed by atoms with Crippen LogP contribution in [0.3, 0.4) is 0 Å². The molecule has 0 atom stereocenters. The lowest BCUT2D eigenvalue weighted by molar-refractivity contribution is 0.0787. The third kappa shape index (κ3) is 1.82. The third-order valence-electron chi connectivity index (χ3n) is 2.25. The van der Waals surface area contributed by atoms with Crippen molar-refractivity contribution in [1.29, 1.82) is 0 Å². The van der Waals surface area contributed by atoms with Gasteiger partial charge in [-0.2, -0.15) is 0 Å². The lowest BCUT2D eigenvalue weighted by Gasteiger charge is -2.02. The predicted molar refractivity (Wildman–Crippen MR) is 59.3 cm³/mol. The molecule has 4 nitrogen and oxygen atoms in total. The van der Waals surface area contributed by atoms with Crippen LogP contribution in [0, 0.1) is 0 Å². The minimum absolute atomic E-state index is 0.235. The summed E-state index contributed by atoms with van der Waals surface area (Å²) in [6, 6.07) is 10.5. The molecular weight excluding hydrogens is 206 g/mol. The van der Waals surface area contributed by atoms with Gasteiger partial charge in [-0.3, -0.25) is 4.79 Å². The minimum Gasteiger partial charge on any atom is -0.328 e. The molecule has 0 bridgehead atoms. The van der Waals surface area contributed by atoms with Gasteiger partial charge in [0.15, 0.2) is 0 Å². The summed E-state index contributed by atoms with van der Waals surface area (Å²) in [5, 5.41) is 0. The van der Waals surface area contributed by atoms with Gasteiger partial charge in [-0.15, -0.1) is 4.74 Å². The van der Waals surface area contributed by atoms with E-state index in [4.69, 9.17) is 4.52 Å². The van der Waals surface area contributed by atoms with Gasteiger partial charge in [0.05, 0.1) is 11.8 Å². The first-order valence-electron chi connectivity index (χ1n) is 5.04. The second-order valence-corrected chi connectivity index (χ2v) is 3.35. The molecule has 2 aromatic rings. The summed E-state index contributed by atoms with van der Waals surface area (Å²) in [6.45, 7) is 1.72. The Hall–Kier alpha value is -2.10. The second kappa shape index (κ2) is 4.18. The summed E-state index contributed by atoms with van der Waals surface area (Å²) >= 11 is 0. The molecule has 0 aliphatic rings. The summed E-state index contributed by atoms with van der Waals surface area (Å²) in [7, 11) is 0. The van der Waals surface area contributed by atoms with Crippen molar-refractivity contribution in [2.24, 2.45) is 0 Å². The van der Waals surface area contributed by atoms with Crippen LogP contribution in [0.15, 0.2) is 45.7 Å². The van der Waals surface area contributed by atoms with Crippen LogP contribution in [0.25, 0.3) is 11.3 Å². The molecule has 0 fully saturated rings. The number of aromatic nitrogens is 1. The largest absolute Gasteiger partial charge is 0.358 e. The van der Waals surface area contributed by atoms with Crippen molar-refractivity contribution in [3.63, 3.8) is 0 Å². The standard InChI is InChI=1S/C12H11NO3/c1-2-11(14)13-10(8-12(15)16-13)9-6-4-3-5-7-9/h3-8H,2H2,1H3. The van der Waals surface area contributed by atoms with E-state index >= 15 is 0 Å². The van der Waals surface area contributed by atoms with E-state index in [1.807, 2.05) is 30.3 Å². The zero-order chi connectivity index (χ0) is 11.5. The zero-order valence-corrected chi connectivity index (χ0v) is 8.84. The fourth-order valence-electron chi connectivity index (χ4n) is 1.47. The monoisotopic (exact) mass is 217 g/mol. The van der Waals surface area contributed by atoms with E-state index in [0.717, 1.165) is 10.3 Å². The number of nitrogens with zero attached hydrogens (tertiary/aromatic N) is 1. The van der Waals surface area contributed by atoms with Crippen molar-refractivity contribution < 1.29 is 9.32 Å². The Morgan fingerprint density at radius 3 is 2.62 bits per heavy atom. The highest BCUT2D eigenvalue weighted by atomic mass is 16.5. The van der Waals surface area contributed by atoms with Crippen molar-refractivity contribution >= 4 is 5.91 Å². The lowest BCUT2D eigenvalue weighted by Crippen LogP contribution is -2.09. The van der Waals surface area contributed by atoms with Crippen LogP contribution in [0.5, 0.6) is 0 Å². The summed E-state index contributed by atoms with van der Waals surface area (Å²) in [5.41, 5.74) is 0.772. The van der Waals surface area contributed by atoms with Crippen LogP contribution in [0.1, 0.15) is 18.1 Å². The topological polar surface area (TPSA) is 52.2 Å². The maximum Gasteiger partial charge on any atom is 0.358 e. The van der Waals surface area contributed by atoms with Crippen LogP contribution >= 0.6 is 0 Å². The van der Waals surface area contributed by atoms with Gasteiger partial charge in [0, 0.05) is 12.0 Å². The average Bonchev–Trinajstić information content (AvgIpc) is 2.71. The molecule has 0 saturated heterocycles. The van der Waals surface area contributed by atoms with Crippen LogP contribution in [-0.2, 0) is 0 Å². The van der Waals surface area contributed by atoms with Crippen molar-refractivity contribution in [2.45, 2.75) is 13.3 Å². The van der Waals surface area contributed by atoms with Gasteiger partial charge in [-0.25, -0.2) is 4.79 Å². The summed E-state index contributed by atoms with van der Waals surface area (Å²) in [6.07, 6.45) is 0.289. The molecule has 1 heterocycles. The molecule has 1 aromatic heterocycles. The van der Waals surface area contributed by atoms with E-state index in [1.165, 1.54) is 6.07 Å². The Kier molecular flexibility index (Phi) is 2.72. The summed E-state index contributed by atoms with van der Waals surface area (Å²) < 4.78 is 5.89. The Labute approximate surface area is 92.1 Å². The lowest BCUT2D eigenvalue weighted by atomic mass is 10.1. The molecular formula is C12H11NO3. The Balaban J connectivity index is 2.57. The van der Waals surface area contributed by atoms with Gasteiger partial charge >= 0.3 is 5.63 Å². The van der Waals surface area contributed by atoms with Gasteiger partial charge in [0.25, 0.3) is 5.91 Å². The van der Waals surface area contributed by atoms with E-state index in [-0.39, 0.29) is 12.3 Å². The molecule has 0 aliphatic heterocycles. The number of hydrogen-bond acceptors (Lipinski definition) is 3. The van der Waals surface area contributed by atoms with E-state index in [2.05, 4.69) is 0 Å². The maximum atomic E-state index is 11.6. The molecule has 0 unspecified atom stereocenters. The zero-order valence-electron chi connectivity index (χ0n) is 8.84. The third-order valence-corrected chi connectivity index (χ3v) is 2.25. The highest BCUT2D eigenvalue weighted by Gasteiger charge is 2.13. The molecule has 1 aromatic carbocycles. The molecule has 4 heteroatoms. The molecule has 0 spiro atoms. The molecule has 0 amide bonds. The summed E-state index contributed by atoms with van der Waals surface area (Å²) in [5.74, 6) is -0.235. The van der Waals surface area contributed by atoms with Gasteiger partial charge in [0.1, 0.15) is 0 Å². The molecule has 82 valence electrons. The molecule has 0 aliphatic carbocycles. The quantitative estimate of drug-likeness (QED) is 0.774. The number of rotatable bonds is 2. The SMILES string of the molecule is CCC(=O)n1oc(=O)cc1-c1ccccc1. The Morgan fingerprint density at radius 1 is 1.31 bits per heavy atom. The number of carbonyl (C=O) groups is 1. The fourth-order valence-corrected chi connectivity index (χ4v) is 1.47. The van der Waals surface area contributed by atoms with Crippen molar-refractivity contribution in [3.8, 4) is 11.3 Å². The van der Waals surface area contributed by atoms with E-state index in [9.17, 15) is 9.59 Å². The maximum absolute atomic E-state index is 11.6. The van der Waals surface area contributed by atoms with Crippen molar-refractivity contribution in [3.05, 3.63) is 46.8 Å². The number of benzene rings is 1. The first kappa shape index (κ1) is 10.4. The Morgan fingerprint density at radius 2 is 2.00 bits per heavy atom. The predicted octanol–water partition coefficient (Wildman–Crippen LogP) is 2.16. The van der Waals surface area contributed by atoms with Gasteiger partial charge < -0.3 is 4.52 Å². The molecule has 16 heavy (non-hydrogen) atoms. The fraction of sp³-hybridized carbons (Fsp3) is 0.167. The number of carbonyl (C=O) groups excluding carboxylic acids is 1. The van der Waals surface area contributed by atoms with Crippen LogP contribution in [0.2, 0.25) is 0 Å². The summed E-state index contributed by atoms with van der Waals surface area (Å²) in [4.78, 5) is 22.7. The van der Waals surface area contributed by atoms with Crippen LogP contribution < -0.4 is 5.63 Å². The first-order valence-corrected chi connectivity index (χ1v) is 5.04. The second-order valence-electron chi connectivity index (χ2n) is 3.35. The number of hydrogen-bond donors (Lipinski definition) is 0. The van der Waals surface area contributed by atoms with E-state index in [1.54, 1.807) is 6.92 Å². The van der Waals surface area contributed by atoms with Gasteiger partial charge in [-0.05, 0) is 0 Å². The van der Waals surface area contributed by atoms with E-state index < -0.39 is 5.63 Å². The molecule has 0 N–H and O–H groups in total. The van der Waals surface area contributed by atoms with E-state index in [0.29, 0.717) is 5.69 Å². The molecule has 0 saturated carbocycles. The average molecular weight is 217 g/mol. The highest BCUT2D eigenvalue weighted by molar-refractivity contribution is 5.82.